The Kier molecular flexibility index (Phi) is 4.54. The third-order valence-corrected chi connectivity index (χ3v) is 6.58. The maximum atomic E-state index is 3.61. The number of hydrogen-bond acceptors (Lipinski definition) is 1. The van der Waals surface area contributed by atoms with Crippen LogP contribution in [0.25, 0.3) is 0 Å². The number of halogens is 2. The first-order valence-electron chi connectivity index (χ1n) is 7.29. The van der Waals surface area contributed by atoms with Crippen LogP contribution in [0.1, 0.15) is 43.7 Å². The van der Waals surface area contributed by atoms with E-state index in [-0.39, 0.29) is 0 Å². The van der Waals surface area contributed by atoms with Gasteiger partial charge in [-0.05, 0) is 96.8 Å². The van der Waals surface area contributed by atoms with Gasteiger partial charge in [0.15, 0.2) is 0 Å². The number of rotatable bonds is 4. The highest BCUT2D eigenvalue weighted by Gasteiger charge is 2.40. The molecule has 2 fully saturated rings. The second-order valence-electron chi connectivity index (χ2n) is 6.18. The van der Waals surface area contributed by atoms with Gasteiger partial charge in [-0.1, -0.05) is 22.4 Å². The lowest BCUT2D eigenvalue weighted by atomic mass is 9.83. The van der Waals surface area contributed by atoms with E-state index in [4.69, 9.17) is 0 Å². The van der Waals surface area contributed by atoms with Crippen molar-refractivity contribution < 1.29 is 0 Å². The maximum absolute atomic E-state index is 3.61. The minimum Gasteiger partial charge on any atom is -0.313 e. The largest absolute Gasteiger partial charge is 0.313 e. The molecule has 0 aliphatic heterocycles. The fraction of sp³-hybridized carbons (Fsp3) is 0.625. The number of fused-ring (bicyclic) bond motifs is 2. The molecule has 3 rings (SSSR count). The summed E-state index contributed by atoms with van der Waals surface area (Å²) in [5, 5.41) is 3.55. The van der Waals surface area contributed by atoms with Gasteiger partial charge in [-0.3, -0.25) is 0 Å². The Bertz CT molecular complexity index is 462. The lowest BCUT2D eigenvalue weighted by Crippen LogP contribution is -2.23. The van der Waals surface area contributed by atoms with Crippen molar-refractivity contribution in [1.29, 1.82) is 0 Å². The van der Waals surface area contributed by atoms with E-state index >= 15 is 0 Å². The van der Waals surface area contributed by atoms with Crippen LogP contribution in [-0.4, -0.2) is 7.05 Å². The predicted octanol–water partition coefficient (Wildman–Crippen LogP) is 5.14. The Morgan fingerprint density at radius 3 is 2.84 bits per heavy atom. The van der Waals surface area contributed by atoms with Crippen molar-refractivity contribution in [2.24, 2.45) is 17.8 Å². The molecule has 0 spiro atoms. The molecule has 0 saturated heterocycles. The summed E-state index contributed by atoms with van der Waals surface area (Å²) in [4.78, 5) is 0. The highest BCUT2D eigenvalue weighted by Crippen LogP contribution is 2.51. The lowest BCUT2D eigenvalue weighted by Gasteiger charge is -2.27. The zero-order valence-electron chi connectivity index (χ0n) is 11.3. The molecule has 1 aromatic rings. The molecule has 2 aliphatic carbocycles. The van der Waals surface area contributed by atoms with Crippen LogP contribution in [0.5, 0.6) is 0 Å². The molecule has 104 valence electrons. The first kappa shape index (κ1) is 14.3. The van der Waals surface area contributed by atoms with Gasteiger partial charge in [-0.15, -0.1) is 0 Å². The average molecular weight is 434 g/mol. The summed E-state index contributed by atoms with van der Waals surface area (Å²) in [6.45, 7) is 0. The molecular formula is C16H21BrIN. The van der Waals surface area contributed by atoms with Gasteiger partial charge in [0.25, 0.3) is 0 Å². The molecule has 0 amide bonds. The molecule has 2 aliphatic rings. The van der Waals surface area contributed by atoms with Crippen molar-refractivity contribution in [2.75, 3.05) is 7.05 Å². The van der Waals surface area contributed by atoms with E-state index in [9.17, 15) is 0 Å². The summed E-state index contributed by atoms with van der Waals surface area (Å²) in [6, 6.07) is 7.14. The second-order valence-corrected chi connectivity index (χ2v) is 8.26. The molecule has 0 aromatic heterocycles. The SMILES string of the molecule is CNC(CC1CC2CCC1C2)c1cc(Br)ccc1I. The molecule has 0 heterocycles. The minimum atomic E-state index is 0.508. The van der Waals surface area contributed by atoms with Gasteiger partial charge in [0.1, 0.15) is 0 Å². The van der Waals surface area contributed by atoms with Crippen LogP contribution in [0.15, 0.2) is 22.7 Å². The Morgan fingerprint density at radius 1 is 1.37 bits per heavy atom. The molecule has 2 saturated carbocycles. The molecule has 0 radical (unpaired) electrons. The smallest absolute Gasteiger partial charge is 0.0331 e. The summed E-state index contributed by atoms with van der Waals surface area (Å²) in [5.41, 5.74) is 1.46. The lowest BCUT2D eigenvalue weighted by molar-refractivity contribution is 0.284. The fourth-order valence-corrected chi connectivity index (χ4v) is 5.24. The first-order valence-corrected chi connectivity index (χ1v) is 9.16. The normalized spacial score (nSPS) is 30.8. The molecule has 4 atom stereocenters. The van der Waals surface area contributed by atoms with E-state index < -0.39 is 0 Å². The van der Waals surface area contributed by atoms with Crippen molar-refractivity contribution in [2.45, 2.75) is 38.1 Å². The second kappa shape index (κ2) is 6.02. The summed E-state index contributed by atoms with van der Waals surface area (Å²) in [7, 11) is 2.11. The molecular weight excluding hydrogens is 413 g/mol. The number of hydrogen-bond donors (Lipinski definition) is 1. The summed E-state index contributed by atoms with van der Waals surface area (Å²) < 4.78 is 2.57. The van der Waals surface area contributed by atoms with Crippen molar-refractivity contribution in [1.82, 2.24) is 5.32 Å². The highest BCUT2D eigenvalue weighted by atomic mass is 127. The van der Waals surface area contributed by atoms with Crippen LogP contribution >= 0.6 is 38.5 Å². The quantitative estimate of drug-likeness (QED) is 0.648. The third-order valence-electron chi connectivity index (χ3n) is 5.10. The van der Waals surface area contributed by atoms with Crippen LogP contribution in [-0.2, 0) is 0 Å². The minimum absolute atomic E-state index is 0.508. The monoisotopic (exact) mass is 433 g/mol. The Balaban J connectivity index is 1.75. The van der Waals surface area contributed by atoms with Gasteiger partial charge in [-0.25, -0.2) is 0 Å². The Hall–Kier alpha value is 0.390. The molecule has 3 heteroatoms. The topological polar surface area (TPSA) is 12.0 Å². The zero-order chi connectivity index (χ0) is 13.4. The Labute approximate surface area is 138 Å². The van der Waals surface area contributed by atoms with Crippen LogP contribution in [0, 0.1) is 21.3 Å². The van der Waals surface area contributed by atoms with Crippen molar-refractivity contribution >= 4 is 38.5 Å². The van der Waals surface area contributed by atoms with Crippen molar-refractivity contribution in [3.8, 4) is 0 Å². The zero-order valence-corrected chi connectivity index (χ0v) is 15.1. The summed E-state index contributed by atoms with van der Waals surface area (Å²) >= 11 is 6.07. The average Bonchev–Trinajstić information content (AvgIpc) is 3.01. The molecule has 1 aromatic carbocycles. The van der Waals surface area contributed by atoms with Crippen LogP contribution in [0.4, 0.5) is 0 Å². The van der Waals surface area contributed by atoms with Gasteiger partial charge >= 0.3 is 0 Å². The van der Waals surface area contributed by atoms with Crippen molar-refractivity contribution in [3.05, 3.63) is 31.8 Å². The highest BCUT2D eigenvalue weighted by molar-refractivity contribution is 14.1. The number of nitrogens with one attached hydrogen (secondary N) is 1. The van der Waals surface area contributed by atoms with E-state index in [0.717, 1.165) is 17.8 Å². The van der Waals surface area contributed by atoms with E-state index in [1.165, 1.54) is 45.7 Å². The standard InChI is InChI=1S/C16H21BrIN/c1-19-16(14-9-13(17)4-5-15(14)18)8-12-7-10-2-3-11(12)6-10/h4-5,9-12,16,19H,2-3,6-8H2,1H3. The van der Waals surface area contributed by atoms with Crippen molar-refractivity contribution in [3.63, 3.8) is 0 Å². The van der Waals surface area contributed by atoms with Gasteiger partial charge in [0, 0.05) is 14.1 Å². The van der Waals surface area contributed by atoms with E-state index in [1.54, 1.807) is 0 Å². The van der Waals surface area contributed by atoms with Gasteiger partial charge < -0.3 is 5.32 Å². The van der Waals surface area contributed by atoms with E-state index in [2.05, 4.69) is 69.1 Å². The molecule has 1 N–H and O–H groups in total. The van der Waals surface area contributed by atoms with E-state index in [1.807, 2.05) is 0 Å². The maximum Gasteiger partial charge on any atom is 0.0331 e. The van der Waals surface area contributed by atoms with Crippen LogP contribution < -0.4 is 5.32 Å². The van der Waals surface area contributed by atoms with Crippen LogP contribution in [0.2, 0.25) is 0 Å². The fourth-order valence-electron chi connectivity index (χ4n) is 4.15. The van der Waals surface area contributed by atoms with Crippen LogP contribution in [0.3, 0.4) is 0 Å². The van der Waals surface area contributed by atoms with E-state index in [0.29, 0.717) is 6.04 Å². The van der Waals surface area contributed by atoms with Gasteiger partial charge in [0.05, 0.1) is 0 Å². The number of benzene rings is 1. The molecule has 2 bridgehead atoms. The molecule has 1 nitrogen and oxygen atoms in total. The molecule has 19 heavy (non-hydrogen) atoms. The van der Waals surface area contributed by atoms with Gasteiger partial charge in [0.2, 0.25) is 0 Å². The summed E-state index contributed by atoms with van der Waals surface area (Å²) in [5.74, 6) is 3.02. The molecule has 4 unspecified atom stereocenters. The Morgan fingerprint density at radius 2 is 2.21 bits per heavy atom. The first-order chi connectivity index (χ1) is 9.17. The predicted molar refractivity (Wildman–Crippen MR) is 92.2 cm³/mol. The summed E-state index contributed by atoms with van der Waals surface area (Å²) in [6.07, 6.45) is 7.29. The third kappa shape index (κ3) is 3.03. The van der Waals surface area contributed by atoms with Gasteiger partial charge in [-0.2, -0.15) is 0 Å².